The molecular weight excluding hydrogens is 472 g/mol. The molecule has 0 saturated heterocycles. The van der Waals surface area contributed by atoms with Crippen LogP contribution in [0.5, 0.6) is 17.2 Å². The zero-order chi connectivity index (χ0) is 24.9. The molecule has 3 aromatic carbocycles. The number of halogens is 2. The van der Waals surface area contributed by atoms with E-state index in [9.17, 15) is 8.78 Å². The van der Waals surface area contributed by atoms with Gasteiger partial charge in [0, 0.05) is 17.0 Å². The predicted molar refractivity (Wildman–Crippen MR) is 132 cm³/mol. The van der Waals surface area contributed by atoms with E-state index < -0.39 is 17.7 Å². The molecule has 0 aliphatic carbocycles. The van der Waals surface area contributed by atoms with Gasteiger partial charge in [-0.3, -0.25) is 4.57 Å². The molecule has 0 saturated carbocycles. The molecular formula is C26H25F2N3O3S. The lowest BCUT2D eigenvalue weighted by Gasteiger charge is -2.18. The van der Waals surface area contributed by atoms with Gasteiger partial charge in [-0.05, 0) is 54.1 Å². The summed E-state index contributed by atoms with van der Waals surface area (Å²) in [5.74, 6) is 0.721. The molecule has 0 spiro atoms. The van der Waals surface area contributed by atoms with Crippen LogP contribution in [0.3, 0.4) is 0 Å². The number of hydrogen-bond acceptors (Lipinski definition) is 6. The van der Waals surface area contributed by atoms with Crippen LogP contribution >= 0.6 is 11.8 Å². The van der Waals surface area contributed by atoms with Crippen LogP contribution in [-0.4, -0.2) is 30.9 Å². The minimum atomic E-state index is -0.595. The van der Waals surface area contributed by atoms with Gasteiger partial charge in [0.1, 0.15) is 17.4 Å². The Kier molecular flexibility index (Phi) is 7.57. The Bertz CT molecular complexity index is 1290. The molecule has 1 aromatic heterocycles. The summed E-state index contributed by atoms with van der Waals surface area (Å²) >= 11 is 1.22. The number of ether oxygens (including phenoxy) is 3. The van der Waals surface area contributed by atoms with E-state index in [4.69, 9.17) is 19.9 Å². The van der Waals surface area contributed by atoms with E-state index in [2.05, 4.69) is 4.98 Å². The van der Waals surface area contributed by atoms with Crippen LogP contribution in [0.4, 0.5) is 8.78 Å². The number of benzene rings is 3. The Morgan fingerprint density at radius 2 is 1.60 bits per heavy atom. The first-order valence-electron chi connectivity index (χ1n) is 10.7. The molecule has 9 heteroatoms. The zero-order valence-electron chi connectivity index (χ0n) is 19.5. The van der Waals surface area contributed by atoms with Gasteiger partial charge in [-0.2, -0.15) is 0 Å². The van der Waals surface area contributed by atoms with Crippen molar-refractivity contribution in [3.8, 4) is 22.9 Å². The SMILES string of the molecule is COc1ccc(-n2c(C(N)c3ccc(OC)c(OC)c3)cnc2SCc2c(F)cccc2F)cc1. The highest BCUT2D eigenvalue weighted by atomic mass is 32.2. The first-order valence-corrected chi connectivity index (χ1v) is 11.7. The molecule has 4 aromatic rings. The van der Waals surface area contributed by atoms with E-state index >= 15 is 0 Å². The molecule has 0 amide bonds. The minimum absolute atomic E-state index is 0.00693. The normalized spacial score (nSPS) is 11.8. The topological polar surface area (TPSA) is 71.5 Å². The first kappa shape index (κ1) is 24.6. The maximum atomic E-state index is 14.2. The van der Waals surface area contributed by atoms with Gasteiger partial charge in [-0.15, -0.1) is 0 Å². The largest absolute Gasteiger partial charge is 0.497 e. The number of nitrogens with zero attached hydrogens (tertiary/aromatic N) is 2. The van der Waals surface area contributed by atoms with Crippen LogP contribution in [0.25, 0.3) is 5.69 Å². The highest BCUT2D eigenvalue weighted by Crippen LogP contribution is 2.35. The molecule has 0 bridgehead atoms. The Labute approximate surface area is 206 Å². The quantitative estimate of drug-likeness (QED) is 0.307. The number of thioether (sulfide) groups is 1. The van der Waals surface area contributed by atoms with Crippen molar-refractivity contribution in [2.24, 2.45) is 5.73 Å². The summed E-state index contributed by atoms with van der Waals surface area (Å²) in [6.45, 7) is 0. The van der Waals surface area contributed by atoms with Crippen molar-refractivity contribution >= 4 is 11.8 Å². The number of imidazole rings is 1. The molecule has 0 aliphatic rings. The Balaban J connectivity index is 1.75. The van der Waals surface area contributed by atoms with E-state index in [0.717, 1.165) is 11.3 Å². The first-order chi connectivity index (χ1) is 17.0. The van der Waals surface area contributed by atoms with Gasteiger partial charge in [-0.25, -0.2) is 13.8 Å². The van der Waals surface area contributed by atoms with Gasteiger partial charge < -0.3 is 19.9 Å². The van der Waals surface area contributed by atoms with Gasteiger partial charge in [0.05, 0.1) is 39.3 Å². The van der Waals surface area contributed by atoms with Gasteiger partial charge in [-0.1, -0.05) is 23.9 Å². The van der Waals surface area contributed by atoms with Gasteiger partial charge in [0.25, 0.3) is 0 Å². The summed E-state index contributed by atoms with van der Waals surface area (Å²) in [7, 11) is 4.72. The number of hydrogen-bond donors (Lipinski definition) is 1. The van der Waals surface area contributed by atoms with Crippen molar-refractivity contribution in [1.29, 1.82) is 0 Å². The number of aromatic nitrogens is 2. The maximum absolute atomic E-state index is 14.2. The molecule has 0 aliphatic heterocycles. The molecule has 182 valence electrons. The zero-order valence-corrected chi connectivity index (χ0v) is 20.3. The lowest BCUT2D eigenvalue weighted by atomic mass is 10.0. The molecule has 1 atom stereocenters. The highest BCUT2D eigenvalue weighted by molar-refractivity contribution is 7.98. The summed E-state index contributed by atoms with van der Waals surface area (Å²) in [5.41, 5.74) is 8.94. The molecule has 0 fully saturated rings. The molecule has 1 heterocycles. The lowest BCUT2D eigenvalue weighted by Crippen LogP contribution is -2.16. The minimum Gasteiger partial charge on any atom is -0.497 e. The summed E-state index contributed by atoms with van der Waals surface area (Å²) in [6, 6.07) is 16.1. The summed E-state index contributed by atoms with van der Waals surface area (Å²) in [5, 5.41) is 0.545. The number of methoxy groups -OCH3 is 3. The van der Waals surface area contributed by atoms with E-state index in [1.54, 1.807) is 33.6 Å². The molecule has 1 unspecified atom stereocenters. The van der Waals surface area contributed by atoms with Gasteiger partial charge in [0.2, 0.25) is 0 Å². The standard InChI is InChI=1S/C26H25F2N3O3S/c1-32-18-10-8-17(9-11-18)31-22(25(29)16-7-12-23(33-2)24(13-16)34-3)14-30-26(31)35-15-19-20(27)5-4-6-21(19)28/h4-14,25H,15,29H2,1-3H3. The van der Waals surface area contributed by atoms with Gasteiger partial charge in [0.15, 0.2) is 16.7 Å². The molecule has 6 nitrogen and oxygen atoms in total. The van der Waals surface area contributed by atoms with Crippen LogP contribution in [0.1, 0.15) is 22.9 Å². The van der Waals surface area contributed by atoms with Crippen molar-refractivity contribution in [2.75, 3.05) is 21.3 Å². The fourth-order valence-electron chi connectivity index (χ4n) is 3.68. The monoisotopic (exact) mass is 497 g/mol. The van der Waals surface area contributed by atoms with Crippen LogP contribution in [0.2, 0.25) is 0 Å². The smallest absolute Gasteiger partial charge is 0.173 e. The van der Waals surface area contributed by atoms with Crippen LogP contribution < -0.4 is 19.9 Å². The van der Waals surface area contributed by atoms with E-state index in [-0.39, 0.29) is 11.3 Å². The highest BCUT2D eigenvalue weighted by Gasteiger charge is 2.21. The Morgan fingerprint density at radius 1 is 0.914 bits per heavy atom. The second-order valence-electron chi connectivity index (χ2n) is 7.58. The second-order valence-corrected chi connectivity index (χ2v) is 8.52. The van der Waals surface area contributed by atoms with Crippen molar-refractivity contribution < 1.29 is 23.0 Å². The van der Waals surface area contributed by atoms with Crippen molar-refractivity contribution in [2.45, 2.75) is 17.0 Å². The molecule has 2 N–H and O–H groups in total. The van der Waals surface area contributed by atoms with Crippen LogP contribution in [0, 0.1) is 11.6 Å². The van der Waals surface area contributed by atoms with E-state index in [0.29, 0.717) is 28.1 Å². The predicted octanol–water partition coefficient (Wildman–Crippen LogP) is 5.52. The third kappa shape index (κ3) is 5.11. The number of rotatable bonds is 9. The Hall–Kier alpha value is -3.56. The van der Waals surface area contributed by atoms with Crippen LogP contribution in [0.15, 0.2) is 72.0 Å². The number of nitrogens with two attached hydrogens (primary N) is 1. The van der Waals surface area contributed by atoms with Crippen molar-refractivity contribution in [1.82, 2.24) is 9.55 Å². The van der Waals surface area contributed by atoms with E-state index in [1.807, 2.05) is 41.0 Å². The average Bonchev–Trinajstić information content (AvgIpc) is 3.31. The fraction of sp³-hybridized carbons (Fsp3) is 0.192. The summed E-state index contributed by atoms with van der Waals surface area (Å²) in [6.07, 6.45) is 1.67. The third-order valence-corrected chi connectivity index (χ3v) is 6.56. The molecule has 4 rings (SSSR count). The third-order valence-electron chi connectivity index (χ3n) is 5.58. The van der Waals surface area contributed by atoms with E-state index in [1.165, 1.54) is 30.0 Å². The van der Waals surface area contributed by atoms with Gasteiger partial charge >= 0.3 is 0 Å². The second kappa shape index (κ2) is 10.8. The average molecular weight is 498 g/mol. The summed E-state index contributed by atoms with van der Waals surface area (Å²) in [4.78, 5) is 4.55. The Morgan fingerprint density at radius 3 is 2.23 bits per heavy atom. The van der Waals surface area contributed by atoms with Crippen molar-refractivity contribution in [3.05, 3.63) is 95.3 Å². The molecule has 35 heavy (non-hydrogen) atoms. The summed E-state index contributed by atoms with van der Waals surface area (Å²) < 4.78 is 46.3. The lowest BCUT2D eigenvalue weighted by molar-refractivity contribution is 0.354. The molecule has 0 radical (unpaired) electrons. The fourth-order valence-corrected chi connectivity index (χ4v) is 4.70. The van der Waals surface area contributed by atoms with Crippen LogP contribution in [-0.2, 0) is 5.75 Å². The van der Waals surface area contributed by atoms with Crippen molar-refractivity contribution in [3.63, 3.8) is 0 Å². The maximum Gasteiger partial charge on any atom is 0.173 e.